The van der Waals surface area contributed by atoms with Crippen LogP contribution in [0.25, 0.3) is 0 Å². The van der Waals surface area contributed by atoms with Gasteiger partial charge in [0, 0.05) is 16.8 Å². The summed E-state index contributed by atoms with van der Waals surface area (Å²) in [5, 5.41) is 3.03. The van der Waals surface area contributed by atoms with E-state index in [9.17, 15) is 21.6 Å². The van der Waals surface area contributed by atoms with E-state index >= 15 is 0 Å². The Morgan fingerprint density at radius 2 is 1.54 bits per heavy atom. The number of ether oxygens (including phenoxy) is 2. The van der Waals surface area contributed by atoms with Crippen molar-refractivity contribution in [1.82, 2.24) is 0 Å². The molecule has 0 heterocycles. The van der Waals surface area contributed by atoms with Gasteiger partial charge in [-0.2, -0.15) is 0 Å². The van der Waals surface area contributed by atoms with Crippen LogP contribution in [0.1, 0.15) is 6.92 Å². The van der Waals surface area contributed by atoms with E-state index in [1.54, 1.807) is 12.1 Å². The number of rotatable bonds is 10. The molecule has 0 aliphatic carbocycles. The third-order valence-corrected chi connectivity index (χ3v) is 8.13. The molecule has 3 aromatic carbocycles. The normalized spacial score (nSPS) is 12.4. The fourth-order valence-corrected chi connectivity index (χ4v) is 5.82. The Bertz CT molecular complexity index is 1480. The molecule has 3 aromatic rings. The molecule has 0 aromatic heterocycles. The molecule has 0 aliphatic heterocycles. The molecule has 0 fully saturated rings. The third-order valence-electron chi connectivity index (χ3n) is 5.25. The predicted octanol–water partition coefficient (Wildman–Crippen LogP) is 3.95. The van der Waals surface area contributed by atoms with Crippen LogP contribution in [-0.4, -0.2) is 49.3 Å². The van der Waals surface area contributed by atoms with Crippen LogP contribution in [0.5, 0.6) is 11.5 Å². The molecule has 0 spiro atoms. The van der Waals surface area contributed by atoms with Crippen molar-refractivity contribution in [3.8, 4) is 11.5 Å². The lowest BCUT2D eigenvalue weighted by Crippen LogP contribution is -2.45. The average molecular weight is 568 g/mol. The summed E-state index contributed by atoms with van der Waals surface area (Å²) in [4.78, 5) is 12.8. The predicted molar refractivity (Wildman–Crippen MR) is 144 cm³/mol. The van der Waals surface area contributed by atoms with Gasteiger partial charge in [0.1, 0.15) is 17.5 Å². The molecule has 0 bridgehead atoms. The molecule has 0 radical (unpaired) electrons. The second-order valence-corrected chi connectivity index (χ2v) is 11.9. The molecular weight excluding hydrogens is 542 g/mol. The van der Waals surface area contributed by atoms with Crippen molar-refractivity contribution in [2.75, 3.05) is 34.8 Å². The quantitative estimate of drug-likeness (QED) is 0.379. The first-order chi connectivity index (χ1) is 17.4. The molecule has 3 rings (SSSR count). The Hall–Kier alpha value is -3.48. The summed E-state index contributed by atoms with van der Waals surface area (Å²) in [7, 11) is -4.94. The Kier molecular flexibility index (Phi) is 8.57. The lowest BCUT2D eigenvalue weighted by molar-refractivity contribution is -0.116. The van der Waals surface area contributed by atoms with Crippen molar-refractivity contribution in [3.05, 3.63) is 71.8 Å². The Balaban J connectivity index is 1.78. The number of nitrogens with one attached hydrogen (secondary N) is 2. The summed E-state index contributed by atoms with van der Waals surface area (Å²) in [5.74, 6) is 0.126. The maximum atomic E-state index is 12.9. The van der Waals surface area contributed by atoms with E-state index in [1.165, 1.54) is 75.7 Å². The monoisotopic (exact) mass is 567 g/mol. The largest absolute Gasteiger partial charge is 0.497 e. The topological polar surface area (TPSA) is 131 Å². The molecule has 37 heavy (non-hydrogen) atoms. The van der Waals surface area contributed by atoms with Crippen molar-refractivity contribution in [2.45, 2.75) is 17.9 Å². The van der Waals surface area contributed by atoms with E-state index in [2.05, 4.69) is 10.0 Å². The maximum Gasteiger partial charge on any atom is 0.262 e. The lowest BCUT2D eigenvalue weighted by Gasteiger charge is -2.28. The number of hydrogen-bond donors (Lipinski definition) is 2. The molecule has 13 heteroatoms. The minimum absolute atomic E-state index is 0.0673. The minimum atomic E-state index is -4.00. The number of halogens is 1. The number of carbonyl (C=O) groups is 1. The smallest absolute Gasteiger partial charge is 0.262 e. The lowest BCUT2D eigenvalue weighted by atomic mass is 10.2. The highest BCUT2D eigenvalue weighted by Gasteiger charge is 2.29. The number of benzene rings is 3. The second kappa shape index (κ2) is 11.3. The molecule has 2 N–H and O–H groups in total. The van der Waals surface area contributed by atoms with Gasteiger partial charge in [0.25, 0.3) is 10.0 Å². The maximum absolute atomic E-state index is 12.9. The van der Waals surface area contributed by atoms with Gasteiger partial charge in [0.05, 0.1) is 36.7 Å². The summed E-state index contributed by atoms with van der Waals surface area (Å²) in [5.41, 5.74) is 0.741. The van der Waals surface area contributed by atoms with Gasteiger partial charge in [-0.05, 0) is 67.6 Å². The first-order valence-corrected chi connectivity index (χ1v) is 14.5. The van der Waals surface area contributed by atoms with Crippen molar-refractivity contribution < 1.29 is 31.1 Å². The highest BCUT2D eigenvalue weighted by Crippen LogP contribution is 2.31. The van der Waals surface area contributed by atoms with Gasteiger partial charge in [0.15, 0.2) is 0 Å². The zero-order valence-electron chi connectivity index (χ0n) is 20.4. The number of methoxy groups -OCH3 is 2. The second-order valence-electron chi connectivity index (χ2n) is 7.90. The van der Waals surface area contributed by atoms with E-state index in [0.29, 0.717) is 16.5 Å². The summed E-state index contributed by atoms with van der Waals surface area (Å²) in [6.45, 7) is 1.44. The number of sulfonamides is 2. The summed E-state index contributed by atoms with van der Waals surface area (Å²) < 4.78 is 64.5. The minimum Gasteiger partial charge on any atom is -0.497 e. The highest BCUT2D eigenvalue weighted by atomic mass is 35.5. The van der Waals surface area contributed by atoms with E-state index in [1.807, 2.05) is 0 Å². The molecule has 1 atom stereocenters. The summed E-state index contributed by atoms with van der Waals surface area (Å²) >= 11 is 5.89. The van der Waals surface area contributed by atoms with Crippen LogP contribution in [0.3, 0.4) is 0 Å². The Morgan fingerprint density at radius 3 is 2.08 bits per heavy atom. The fraction of sp³-hybridized carbons (Fsp3) is 0.208. The van der Waals surface area contributed by atoms with Gasteiger partial charge in [0.2, 0.25) is 15.9 Å². The highest BCUT2D eigenvalue weighted by molar-refractivity contribution is 7.92. The number of hydrogen-bond acceptors (Lipinski definition) is 7. The van der Waals surface area contributed by atoms with E-state index in [0.717, 1.165) is 10.6 Å². The van der Waals surface area contributed by atoms with Crippen LogP contribution < -0.4 is 23.8 Å². The van der Waals surface area contributed by atoms with Gasteiger partial charge >= 0.3 is 0 Å². The average Bonchev–Trinajstić information content (AvgIpc) is 2.84. The number of anilines is 3. The molecule has 0 saturated carbocycles. The summed E-state index contributed by atoms with van der Waals surface area (Å²) in [6.07, 6.45) is 0.995. The molecule has 0 unspecified atom stereocenters. The van der Waals surface area contributed by atoms with Gasteiger partial charge in [-0.3, -0.25) is 13.8 Å². The SMILES string of the molecule is COc1ccc(OC)c(NS(=O)(=O)c2ccc(NC(=O)[C@@H](C)N(c3ccc(Cl)cc3)S(C)(=O)=O)cc2)c1. The molecule has 1 amide bonds. The molecule has 198 valence electrons. The van der Waals surface area contributed by atoms with Gasteiger partial charge in [-0.25, -0.2) is 16.8 Å². The first kappa shape index (κ1) is 28.1. The molecule has 10 nitrogen and oxygen atoms in total. The van der Waals surface area contributed by atoms with Crippen LogP contribution in [0.4, 0.5) is 17.1 Å². The van der Waals surface area contributed by atoms with Crippen molar-refractivity contribution in [2.24, 2.45) is 0 Å². The summed E-state index contributed by atoms with van der Waals surface area (Å²) in [6, 6.07) is 15.0. The number of carbonyl (C=O) groups excluding carboxylic acids is 1. The van der Waals surface area contributed by atoms with Crippen LogP contribution in [0.15, 0.2) is 71.6 Å². The van der Waals surface area contributed by atoms with Crippen LogP contribution in [0.2, 0.25) is 5.02 Å². The zero-order chi connectivity index (χ0) is 27.4. The van der Waals surface area contributed by atoms with Crippen LogP contribution >= 0.6 is 11.6 Å². The van der Waals surface area contributed by atoms with Crippen LogP contribution in [-0.2, 0) is 24.8 Å². The Morgan fingerprint density at radius 1 is 0.919 bits per heavy atom. The number of nitrogens with zero attached hydrogens (tertiary/aromatic N) is 1. The standard InChI is InChI=1S/C24H26ClN3O7S2/c1-16(28(36(4,30)31)19-9-5-17(25)6-10-19)24(29)26-18-7-12-21(13-8-18)37(32,33)27-22-15-20(34-2)11-14-23(22)35-3/h5-16,27H,1-4H3,(H,26,29)/t16-/m1/s1. The van der Waals surface area contributed by atoms with Crippen molar-refractivity contribution in [1.29, 1.82) is 0 Å². The van der Waals surface area contributed by atoms with Crippen LogP contribution in [0, 0.1) is 0 Å². The first-order valence-electron chi connectivity index (χ1n) is 10.8. The fourth-order valence-electron chi connectivity index (χ4n) is 3.46. The van der Waals surface area contributed by atoms with Gasteiger partial charge < -0.3 is 14.8 Å². The van der Waals surface area contributed by atoms with Crippen molar-refractivity contribution >= 4 is 54.6 Å². The third kappa shape index (κ3) is 6.85. The molecule has 0 saturated heterocycles. The van der Waals surface area contributed by atoms with Gasteiger partial charge in [-0.1, -0.05) is 11.6 Å². The van der Waals surface area contributed by atoms with E-state index in [4.69, 9.17) is 21.1 Å². The van der Waals surface area contributed by atoms with E-state index in [-0.39, 0.29) is 22.0 Å². The van der Waals surface area contributed by atoms with E-state index < -0.39 is 32.0 Å². The number of amides is 1. The zero-order valence-corrected chi connectivity index (χ0v) is 22.8. The Labute approximate surface area is 221 Å². The van der Waals surface area contributed by atoms with Crippen molar-refractivity contribution in [3.63, 3.8) is 0 Å². The molecule has 0 aliphatic rings. The molecular formula is C24H26ClN3O7S2. The van der Waals surface area contributed by atoms with Gasteiger partial charge in [-0.15, -0.1) is 0 Å².